The van der Waals surface area contributed by atoms with Crippen molar-refractivity contribution < 1.29 is 34.3 Å². The number of non-ortho nitro benzene ring substituents is 1. The van der Waals surface area contributed by atoms with Gasteiger partial charge in [0.1, 0.15) is 0 Å². The Kier molecular flexibility index (Phi) is 8.84. The third kappa shape index (κ3) is 5.58. The molecule has 1 amide bonds. The summed E-state index contributed by atoms with van der Waals surface area (Å²) in [6, 6.07) is 5.70. The van der Waals surface area contributed by atoms with Gasteiger partial charge in [0, 0.05) is 40.9 Å². The molecule has 0 aromatic heterocycles. The fourth-order valence-corrected chi connectivity index (χ4v) is 3.35. The molecule has 0 saturated heterocycles. The van der Waals surface area contributed by atoms with Gasteiger partial charge in [-0.05, 0) is 26.3 Å². The van der Waals surface area contributed by atoms with Crippen LogP contribution in [0.1, 0.15) is 32.3 Å². The van der Waals surface area contributed by atoms with Crippen molar-refractivity contribution in [2.75, 3.05) is 14.2 Å². The van der Waals surface area contributed by atoms with Gasteiger partial charge in [-0.2, -0.15) is 0 Å². The third-order valence-electron chi connectivity index (χ3n) is 4.67. The van der Waals surface area contributed by atoms with E-state index in [1.165, 1.54) is 39.3 Å². The van der Waals surface area contributed by atoms with Crippen molar-refractivity contribution in [1.29, 1.82) is 0 Å². The number of nitro benzene ring substituents is 1. The van der Waals surface area contributed by atoms with Crippen LogP contribution in [0.2, 0.25) is 0 Å². The molecule has 11 nitrogen and oxygen atoms in total. The molecule has 0 bridgehead atoms. The second-order valence-electron chi connectivity index (χ2n) is 6.78. The smallest absolute Gasteiger partial charge is 0.336 e. The Morgan fingerprint density at radius 2 is 1.75 bits per heavy atom. The van der Waals surface area contributed by atoms with Crippen molar-refractivity contribution in [2.24, 2.45) is 0 Å². The Morgan fingerprint density at radius 1 is 1.12 bits per heavy atom. The maximum atomic E-state index is 13.1. The molecule has 1 aliphatic rings. The lowest BCUT2D eigenvalue weighted by molar-refractivity contribution is -0.384. The number of rotatable bonds is 6. The number of nitro groups is 1. The summed E-state index contributed by atoms with van der Waals surface area (Å²) in [5.74, 6) is -2.85. The first-order valence-corrected chi connectivity index (χ1v) is 9.19. The van der Waals surface area contributed by atoms with Gasteiger partial charge in [-0.25, -0.2) is 9.59 Å². The number of carbonyl (C=O) groups excluding carboxylic acids is 3. The van der Waals surface area contributed by atoms with E-state index in [4.69, 9.17) is 4.74 Å². The number of allylic oxidation sites excluding steroid dienone is 3. The van der Waals surface area contributed by atoms with Crippen LogP contribution in [0.25, 0.3) is 0 Å². The van der Waals surface area contributed by atoms with E-state index in [-0.39, 0.29) is 28.0 Å². The van der Waals surface area contributed by atoms with E-state index in [1.54, 1.807) is 19.9 Å². The summed E-state index contributed by atoms with van der Waals surface area (Å²) < 4.78 is 9.45. The van der Waals surface area contributed by atoms with E-state index in [2.05, 4.69) is 15.4 Å². The zero-order valence-corrected chi connectivity index (χ0v) is 18.3. The number of benzene rings is 1. The van der Waals surface area contributed by atoms with Crippen LogP contribution in [0.15, 0.2) is 58.6 Å². The van der Waals surface area contributed by atoms with Gasteiger partial charge >= 0.3 is 11.9 Å². The zero-order valence-electron chi connectivity index (χ0n) is 18.3. The Bertz CT molecular complexity index is 1040. The number of amides is 1. The second kappa shape index (κ2) is 10.9. The molecule has 0 fully saturated rings. The van der Waals surface area contributed by atoms with Crippen LogP contribution in [-0.2, 0) is 23.9 Å². The molecule has 2 rings (SSSR count). The third-order valence-corrected chi connectivity index (χ3v) is 4.67. The lowest BCUT2D eigenvalue weighted by Gasteiger charge is -2.30. The topological polar surface area (TPSA) is 168 Å². The van der Waals surface area contributed by atoms with Crippen LogP contribution < -0.4 is 10.6 Å². The molecule has 11 heteroatoms. The van der Waals surface area contributed by atoms with Crippen LogP contribution in [0, 0.1) is 10.1 Å². The molecular weight excluding hydrogens is 422 g/mol. The standard InChI is InChI=1S/C21H23N3O7.H2O/c1-11(9-16(25)30-4)22-20(26)17-12(2)23-13(3)18(21(27)31-5)19(17)14-7-6-8-15(10-14)24(28)29;/h6-10,19,23H,1-5H3,(H,22,26);1H2/b11-9-;/t19-;/m0./s1. The number of hydrogen-bond acceptors (Lipinski definition) is 8. The molecule has 1 aromatic rings. The molecule has 1 atom stereocenters. The molecular formula is C21H25N3O8. The van der Waals surface area contributed by atoms with Gasteiger partial charge in [-0.15, -0.1) is 0 Å². The Hall–Kier alpha value is -3.99. The minimum absolute atomic E-state index is 0. The Morgan fingerprint density at radius 3 is 2.31 bits per heavy atom. The van der Waals surface area contributed by atoms with Gasteiger partial charge in [0.05, 0.1) is 30.6 Å². The summed E-state index contributed by atoms with van der Waals surface area (Å²) in [5.41, 5.74) is 1.62. The maximum Gasteiger partial charge on any atom is 0.336 e. The van der Waals surface area contributed by atoms with Gasteiger partial charge in [0.25, 0.3) is 11.6 Å². The van der Waals surface area contributed by atoms with Gasteiger partial charge in [-0.3, -0.25) is 14.9 Å². The van der Waals surface area contributed by atoms with Gasteiger partial charge in [0.15, 0.2) is 0 Å². The van der Waals surface area contributed by atoms with Crippen molar-refractivity contribution in [3.63, 3.8) is 0 Å². The van der Waals surface area contributed by atoms with Crippen LogP contribution in [-0.4, -0.2) is 42.5 Å². The van der Waals surface area contributed by atoms with Crippen molar-refractivity contribution in [2.45, 2.75) is 26.7 Å². The van der Waals surface area contributed by atoms with Crippen LogP contribution in [0.5, 0.6) is 0 Å². The quantitative estimate of drug-likeness (QED) is 0.285. The highest BCUT2D eigenvalue weighted by atomic mass is 16.6. The molecule has 0 saturated carbocycles. The predicted octanol–water partition coefficient (Wildman–Crippen LogP) is 1.37. The normalized spacial score (nSPS) is 15.9. The average Bonchev–Trinajstić information content (AvgIpc) is 2.72. The van der Waals surface area contributed by atoms with E-state index in [1.807, 2.05) is 0 Å². The highest BCUT2D eigenvalue weighted by Crippen LogP contribution is 2.39. The van der Waals surface area contributed by atoms with Crippen molar-refractivity contribution in [3.8, 4) is 0 Å². The molecule has 1 heterocycles. The van der Waals surface area contributed by atoms with Crippen LogP contribution in [0.3, 0.4) is 0 Å². The Labute approximate surface area is 184 Å². The molecule has 32 heavy (non-hydrogen) atoms. The lowest BCUT2D eigenvalue weighted by atomic mass is 9.80. The van der Waals surface area contributed by atoms with Crippen LogP contribution >= 0.6 is 0 Å². The minimum atomic E-state index is -0.931. The van der Waals surface area contributed by atoms with Crippen molar-refractivity contribution in [1.82, 2.24) is 10.6 Å². The van der Waals surface area contributed by atoms with Crippen molar-refractivity contribution >= 4 is 23.5 Å². The highest BCUT2D eigenvalue weighted by molar-refractivity contribution is 6.03. The molecule has 0 spiro atoms. The van der Waals surface area contributed by atoms with Crippen LogP contribution in [0.4, 0.5) is 5.69 Å². The average molecular weight is 447 g/mol. The minimum Gasteiger partial charge on any atom is -0.466 e. The molecule has 4 N–H and O–H groups in total. The van der Waals surface area contributed by atoms with Gasteiger partial charge in [-0.1, -0.05) is 12.1 Å². The number of nitrogens with zero attached hydrogens (tertiary/aromatic N) is 1. The molecule has 0 aliphatic carbocycles. The van der Waals surface area contributed by atoms with Crippen molar-refractivity contribution in [3.05, 3.63) is 74.3 Å². The first-order valence-electron chi connectivity index (χ1n) is 9.19. The summed E-state index contributed by atoms with van der Waals surface area (Å²) in [6.07, 6.45) is 1.11. The SMILES string of the molecule is COC(=O)/C=C(/C)NC(=O)C1=C(C)NC(C)=C(C(=O)OC)[C@H]1c1cccc([N+](=O)[O-])c1.O. The summed E-state index contributed by atoms with van der Waals surface area (Å²) in [6.45, 7) is 4.80. The molecule has 172 valence electrons. The van der Waals surface area contributed by atoms with Gasteiger partial charge in [0.2, 0.25) is 0 Å². The largest absolute Gasteiger partial charge is 0.466 e. The summed E-state index contributed by atoms with van der Waals surface area (Å²) in [7, 11) is 2.42. The summed E-state index contributed by atoms with van der Waals surface area (Å²) in [4.78, 5) is 47.9. The number of carbonyl (C=O) groups is 3. The first-order chi connectivity index (χ1) is 14.6. The summed E-state index contributed by atoms with van der Waals surface area (Å²) in [5, 5.41) is 16.9. The van der Waals surface area contributed by atoms with E-state index in [0.29, 0.717) is 17.0 Å². The molecule has 1 aliphatic heterocycles. The van der Waals surface area contributed by atoms with E-state index in [0.717, 1.165) is 6.08 Å². The lowest BCUT2D eigenvalue weighted by Crippen LogP contribution is -2.36. The maximum absolute atomic E-state index is 13.1. The molecule has 0 unspecified atom stereocenters. The molecule has 1 aromatic carbocycles. The fourth-order valence-electron chi connectivity index (χ4n) is 3.35. The number of dihydropyridines is 1. The summed E-state index contributed by atoms with van der Waals surface area (Å²) >= 11 is 0. The van der Waals surface area contributed by atoms with E-state index in [9.17, 15) is 24.5 Å². The number of nitrogens with one attached hydrogen (secondary N) is 2. The Balaban J connectivity index is 0.00000512. The number of methoxy groups -OCH3 is 2. The monoisotopic (exact) mass is 447 g/mol. The first kappa shape index (κ1) is 26.0. The number of hydrogen-bond donors (Lipinski definition) is 2. The predicted molar refractivity (Wildman–Crippen MR) is 114 cm³/mol. The van der Waals surface area contributed by atoms with E-state index >= 15 is 0 Å². The number of esters is 2. The fraction of sp³-hybridized carbons (Fsp3) is 0.286. The second-order valence-corrected chi connectivity index (χ2v) is 6.78. The highest BCUT2D eigenvalue weighted by Gasteiger charge is 2.37. The van der Waals surface area contributed by atoms with Gasteiger partial charge < -0.3 is 25.6 Å². The number of ether oxygens (including phenoxy) is 2. The molecule has 0 radical (unpaired) electrons. The van der Waals surface area contributed by atoms with E-state index < -0.39 is 28.7 Å². The zero-order chi connectivity index (χ0) is 23.3.